The highest BCUT2D eigenvalue weighted by atomic mass is 35.5. The molecule has 3 aromatic rings. The van der Waals surface area contributed by atoms with E-state index in [9.17, 15) is 9.18 Å². The van der Waals surface area contributed by atoms with Gasteiger partial charge in [0.05, 0.1) is 5.02 Å². The molecule has 138 valence electrons. The molecular formula is C20H18ClFN4O. The van der Waals surface area contributed by atoms with Crippen molar-refractivity contribution >= 4 is 34.8 Å². The zero-order valence-corrected chi connectivity index (χ0v) is 15.9. The molecule has 2 N–H and O–H groups in total. The van der Waals surface area contributed by atoms with E-state index in [-0.39, 0.29) is 22.6 Å². The molecule has 0 saturated carbocycles. The van der Waals surface area contributed by atoms with Crippen molar-refractivity contribution in [1.29, 1.82) is 0 Å². The van der Waals surface area contributed by atoms with Crippen LogP contribution in [0.15, 0.2) is 42.5 Å². The number of anilines is 3. The van der Waals surface area contributed by atoms with Crippen molar-refractivity contribution in [2.24, 2.45) is 0 Å². The lowest BCUT2D eigenvalue weighted by Crippen LogP contribution is -2.17. The molecule has 7 heteroatoms. The van der Waals surface area contributed by atoms with Gasteiger partial charge in [-0.3, -0.25) is 4.79 Å². The fourth-order valence-corrected chi connectivity index (χ4v) is 2.81. The summed E-state index contributed by atoms with van der Waals surface area (Å²) in [7, 11) is 0. The van der Waals surface area contributed by atoms with Crippen LogP contribution in [0.3, 0.4) is 0 Å². The molecule has 0 fully saturated rings. The monoisotopic (exact) mass is 384 g/mol. The molecule has 27 heavy (non-hydrogen) atoms. The summed E-state index contributed by atoms with van der Waals surface area (Å²) in [6.45, 7) is 5.62. The van der Waals surface area contributed by atoms with Gasteiger partial charge in [0, 0.05) is 17.1 Å². The molecule has 1 aromatic heterocycles. The minimum absolute atomic E-state index is 0.0133. The van der Waals surface area contributed by atoms with Gasteiger partial charge in [0.1, 0.15) is 11.5 Å². The number of carbonyl (C=O) groups is 1. The molecule has 0 unspecified atom stereocenters. The van der Waals surface area contributed by atoms with Crippen LogP contribution in [0.2, 0.25) is 5.02 Å². The second-order valence-corrected chi connectivity index (χ2v) is 6.60. The van der Waals surface area contributed by atoms with E-state index >= 15 is 0 Å². The van der Waals surface area contributed by atoms with Crippen molar-refractivity contribution in [3.63, 3.8) is 0 Å². The second-order valence-electron chi connectivity index (χ2n) is 6.19. The zero-order chi connectivity index (χ0) is 19.6. The van der Waals surface area contributed by atoms with Gasteiger partial charge in [-0.25, -0.2) is 14.4 Å². The highest BCUT2D eigenvalue weighted by Gasteiger charge is 2.14. The van der Waals surface area contributed by atoms with Crippen molar-refractivity contribution in [2.45, 2.75) is 20.8 Å². The summed E-state index contributed by atoms with van der Waals surface area (Å²) in [5.41, 5.74) is 4.06. The van der Waals surface area contributed by atoms with Gasteiger partial charge in [-0.2, -0.15) is 0 Å². The number of halogens is 2. The molecule has 0 aliphatic carbocycles. The van der Waals surface area contributed by atoms with E-state index in [0.29, 0.717) is 11.4 Å². The van der Waals surface area contributed by atoms with Gasteiger partial charge in [-0.05, 0) is 56.2 Å². The Hall–Kier alpha value is -2.99. The van der Waals surface area contributed by atoms with E-state index in [4.69, 9.17) is 11.6 Å². The number of nitrogens with zero attached hydrogens (tertiary/aromatic N) is 2. The van der Waals surface area contributed by atoms with Crippen LogP contribution < -0.4 is 10.6 Å². The Bertz CT molecular complexity index is 1000. The summed E-state index contributed by atoms with van der Waals surface area (Å²) in [5, 5.41) is 5.83. The molecule has 1 heterocycles. The van der Waals surface area contributed by atoms with Crippen LogP contribution in [0.25, 0.3) is 0 Å². The van der Waals surface area contributed by atoms with E-state index in [1.165, 1.54) is 18.2 Å². The van der Waals surface area contributed by atoms with Crippen LogP contribution in [0.5, 0.6) is 0 Å². The number of para-hydroxylation sites is 1. The van der Waals surface area contributed by atoms with Crippen molar-refractivity contribution in [1.82, 2.24) is 9.97 Å². The zero-order valence-electron chi connectivity index (χ0n) is 15.1. The molecule has 0 bridgehead atoms. The van der Waals surface area contributed by atoms with Gasteiger partial charge in [-0.15, -0.1) is 0 Å². The first-order valence-electron chi connectivity index (χ1n) is 8.29. The molecule has 0 radical (unpaired) electrons. The van der Waals surface area contributed by atoms with Gasteiger partial charge in [-0.1, -0.05) is 29.8 Å². The Balaban J connectivity index is 1.86. The fraction of sp³-hybridized carbons (Fsp3) is 0.150. The number of aromatic nitrogens is 2. The normalized spacial score (nSPS) is 10.6. The van der Waals surface area contributed by atoms with Gasteiger partial charge in [0.25, 0.3) is 5.91 Å². The first-order valence-corrected chi connectivity index (χ1v) is 8.66. The van der Waals surface area contributed by atoms with Crippen LogP contribution >= 0.6 is 11.6 Å². The van der Waals surface area contributed by atoms with Crippen molar-refractivity contribution in [2.75, 3.05) is 10.6 Å². The average molecular weight is 385 g/mol. The highest BCUT2D eigenvalue weighted by Crippen LogP contribution is 2.23. The number of carbonyl (C=O) groups excluding carboxylic acids is 1. The number of aryl methyl sites for hydroxylation is 3. The summed E-state index contributed by atoms with van der Waals surface area (Å²) < 4.78 is 13.3. The first-order chi connectivity index (χ1) is 12.8. The molecule has 3 rings (SSSR count). The smallest absolute Gasteiger partial charge is 0.274 e. The number of hydrogen-bond donors (Lipinski definition) is 2. The molecule has 1 amide bonds. The van der Waals surface area contributed by atoms with Crippen LogP contribution in [-0.2, 0) is 0 Å². The largest absolute Gasteiger partial charge is 0.324 e. The maximum absolute atomic E-state index is 13.3. The third kappa shape index (κ3) is 4.41. The standard InChI is InChI=1S/C20H18ClFN4O/c1-11-5-4-6-12(2)18(11)26-19(27)17-9-13(3)23-20(25-17)24-14-7-8-16(22)15(21)10-14/h4-10H,1-3H3,(H,26,27)(H,23,24,25). The van der Waals surface area contributed by atoms with Crippen LogP contribution in [0, 0.1) is 26.6 Å². The van der Waals surface area contributed by atoms with Crippen molar-refractivity contribution in [3.05, 3.63) is 75.8 Å². The topological polar surface area (TPSA) is 66.9 Å². The predicted molar refractivity (Wildman–Crippen MR) is 105 cm³/mol. The van der Waals surface area contributed by atoms with Crippen LogP contribution in [0.1, 0.15) is 27.3 Å². The average Bonchev–Trinajstić information content (AvgIpc) is 2.61. The minimum atomic E-state index is -0.513. The van der Waals surface area contributed by atoms with E-state index in [0.717, 1.165) is 16.8 Å². The maximum atomic E-state index is 13.3. The Kier molecular flexibility index (Phi) is 5.37. The first kappa shape index (κ1) is 18.8. The lowest BCUT2D eigenvalue weighted by atomic mass is 10.1. The summed E-state index contributed by atoms with van der Waals surface area (Å²) in [4.78, 5) is 21.2. The molecule has 0 aliphatic rings. The van der Waals surface area contributed by atoms with E-state index in [1.807, 2.05) is 32.0 Å². The quantitative estimate of drug-likeness (QED) is 0.649. The number of rotatable bonds is 4. The van der Waals surface area contributed by atoms with Gasteiger partial charge in [0.15, 0.2) is 0 Å². The SMILES string of the molecule is Cc1cc(C(=O)Nc2c(C)cccc2C)nc(Nc2ccc(F)c(Cl)c2)n1. The highest BCUT2D eigenvalue weighted by molar-refractivity contribution is 6.31. The van der Waals surface area contributed by atoms with Gasteiger partial charge in [0.2, 0.25) is 5.95 Å². The van der Waals surface area contributed by atoms with Crippen LogP contribution in [-0.4, -0.2) is 15.9 Å². The summed E-state index contributed by atoms with van der Waals surface area (Å²) in [6.07, 6.45) is 0. The molecule has 0 aliphatic heterocycles. The molecule has 0 saturated heterocycles. The maximum Gasteiger partial charge on any atom is 0.274 e. The Morgan fingerprint density at radius 2 is 1.74 bits per heavy atom. The van der Waals surface area contributed by atoms with Gasteiger partial charge >= 0.3 is 0 Å². The third-order valence-electron chi connectivity index (χ3n) is 3.98. The minimum Gasteiger partial charge on any atom is -0.324 e. The molecule has 5 nitrogen and oxygen atoms in total. The van der Waals surface area contributed by atoms with E-state index < -0.39 is 5.82 Å². The van der Waals surface area contributed by atoms with Crippen molar-refractivity contribution in [3.8, 4) is 0 Å². The molecular weight excluding hydrogens is 367 g/mol. The Morgan fingerprint density at radius 1 is 1.04 bits per heavy atom. The second kappa shape index (κ2) is 7.72. The fourth-order valence-electron chi connectivity index (χ4n) is 2.63. The number of benzene rings is 2. The van der Waals surface area contributed by atoms with E-state index in [2.05, 4.69) is 20.6 Å². The molecule has 0 spiro atoms. The van der Waals surface area contributed by atoms with Crippen molar-refractivity contribution < 1.29 is 9.18 Å². The molecule has 0 atom stereocenters. The summed E-state index contributed by atoms with van der Waals surface area (Å²) in [5.74, 6) is -0.622. The van der Waals surface area contributed by atoms with Gasteiger partial charge < -0.3 is 10.6 Å². The molecule has 2 aromatic carbocycles. The van der Waals surface area contributed by atoms with E-state index in [1.54, 1.807) is 13.0 Å². The number of nitrogens with one attached hydrogen (secondary N) is 2. The lowest BCUT2D eigenvalue weighted by molar-refractivity contribution is 0.102. The Morgan fingerprint density at radius 3 is 2.41 bits per heavy atom. The third-order valence-corrected chi connectivity index (χ3v) is 4.27. The number of hydrogen-bond acceptors (Lipinski definition) is 4. The lowest BCUT2D eigenvalue weighted by Gasteiger charge is -2.12. The number of amides is 1. The Labute approximate surface area is 161 Å². The predicted octanol–water partition coefficient (Wildman–Crippen LogP) is 5.19. The summed E-state index contributed by atoms with van der Waals surface area (Å²) in [6, 6.07) is 11.6. The van der Waals surface area contributed by atoms with Crippen LogP contribution in [0.4, 0.5) is 21.7 Å². The summed E-state index contributed by atoms with van der Waals surface area (Å²) >= 11 is 5.79.